The standard InChI is InChI=1S/C16H23NO/c17-13-16-11-7-5-3-1-2-4-6-9-14(15(16)18)10-8-12-16/h10H,1-9,11-12H2. The Kier molecular flexibility index (Phi) is 4.58. The molecule has 1 atom stereocenters. The van der Waals surface area contributed by atoms with Crippen molar-refractivity contribution >= 4 is 5.78 Å². The largest absolute Gasteiger partial charge is 0.293 e. The van der Waals surface area contributed by atoms with Gasteiger partial charge in [0.05, 0.1) is 6.07 Å². The van der Waals surface area contributed by atoms with Gasteiger partial charge in [0.25, 0.3) is 0 Å². The number of nitrogens with zero attached hydrogens (tertiary/aromatic N) is 1. The number of carbonyl (C=O) groups is 1. The van der Waals surface area contributed by atoms with Crippen LogP contribution in [0.1, 0.15) is 70.6 Å². The van der Waals surface area contributed by atoms with Gasteiger partial charge in [-0.2, -0.15) is 5.26 Å². The van der Waals surface area contributed by atoms with Crippen molar-refractivity contribution in [2.24, 2.45) is 5.41 Å². The van der Waals surface area contributed by atoms with Gasteiger partial charge in [-0.05, 0) is 37.7 Å². The number of fused-ring (bicyclic) bond motifs is 2. The van der Waals surface area contributed by atoms with Crippen LogP contribution in [-0.2, 0) is 4.79 Å². The molecule has 0 aliphatic heterocycles. The molecule has 2 aliphatic carbocycles. The van der Waals surface area contributed by atoms with E-state index in [0.29, 0.717) is 0 Å². The van der Waals surface area contributed by atoms with Crippen LogP contribution in [0, 0.1) is 16.7 Å². The Morgan fingerprint density at radius 3 is 2.39 bits per heavy atom. The zero-order valence-corrected chi connectivity index (χ0v) is 11.2. The molecule has 0 aromatic carbocycles. The smallest absolute Gasteiger partial charge is 0.178 e. The lowest BCUT2D eigenvalue weighted by Gasteiger charge is -2.30. The third-order valence-electron chi connectivity index (χ3n) is 4.45. The van der Waals surface area contributed by atoms with E-state index in [9.17, 15) is 10.1 Å². The van der Waals surface area contributed by atoms with E-state index >= 15 is 0 Å². The van der Waals surface area contributed by atoms with Crippen molar-refractivity contribution < 1.29 is 4.79 Å². The second-order valence-corrected chi connectivity index (χ2v) is 5.77. The number of allylic oxidation sites excluding steroid dienone is 2. The summed E-state index contributed by atoms with van der Waals surface area (Å²) in [6.07, 6.45) is 13.8. The number of hydrogen-bond donors (Lipinski definition) is 0. The monoisotopic (exact) mass is 245 g/mol. The highest BCUT2D eigenvalue weighted by Gasteiger charge is 2.40. The molecule has 1 saturated carbocycles. The van der Waals surface area contributed by atoms with Gasteiger partial charge in [0, 0.05) is 0 Å². The third-order valence-corrected chi connectivity index (χ3v) is 4.45. The average Bonchev–Trinajstić information content (AvgIpc) is 2.39. The molecule has 18 heavy (non-hydrogen) atoms. The third kappa shape index (κ3) is 2.83. The molecule has 2 bridgehead atoms. The highest BCUT2D eigenvalue weighted by Crippen LogP contribution is 2.39. The summed E-state index contributed by atoms with van der Waals surface area (Å²) in [7, 11) is 0. The molecule has 0 N–H and O–H groups in total. The maximum Gasteiger partial charge on any atom is 0.178 e. The second-order valence-electron chi connectivity index (χ2n) is 5.77. The SMILES string of the molecule is N#CC12CCC=C(CCCCCCCCC1)C2=O. The Balaban J connectivity index is 2.15. The van der Waals surface area contributed by atoms with Crippen molar-refractivity contribution in [1.82, 2.24) is 0 Å². The lowest BCUT2D eigenvalue weighted by molar-refractivity contribution is -0.123. The van der Waals surface area contributed by atoms with Gasteiger partial charge >= 0.3 is 0 Å². The maximum atomic E-state index is 12.5. The van der Waals surface area contributed by atoms with Crippen LogP contribution in [0.4, 0.5) is 0 Å². The summed E-state index contributed by atoms with van der Waals surface area (Å²) in [6.45, 7) is 0. The highest BCUT2D eigenvalue weighted by atomic mass is 16.1. The van der Waals surface area contributed by atoms with Crippen molar-refractivity contribution in [3.8, 4) is 6.07 Å². The maximum absolute atomic E-state index is 12.5. The molecule has 0 aromatic heterocycles. The Hall–Kier alpha value is -1.10. The van der Waals surface area contributed by atoms with Crippen LogP contribution in [0.5, 0.6) is 0 Å². The van der Waals surface area contributed by atoms with E-state index in [1.165, 1.54) is 32.1 Å². The predicted molar refractivity (Wildman–Crippen MR) is 71.9 cm³/mol. The first-order valence-corrected chi connectivity index (χ1v) is 7.44. The molecule has 0 aromatic rings. The molecule has 1 unspecified atom stereocenters. The fourth-order valence-corrected chi connectivity index (χ4v) is 3.25. The van der Waals surface area contributed by atoms with Crippen LogP contribution in [0.25, 0.3) is 0 Å². The summed E-state index contributed by atoms with van der Waals surface area (Å²) in [4.78, 5) is 12.5. The average molecular weight is 245 g/mol. The number of rotatable bonds is 0. The van der Waals surface area contributed by atoms with Crippen molar-refractivity contribution in [3.05, 3.63) is 11.6 Å². The number of carbonyl (C=O) groups excluding carboxylic acids is 1. The van der Waals surface area contributed by atoms with E-state index in [2.05, 4.69) is 12.1 Å². The quantitative estimate of drug-likeness (QED) is 0.638. The second kappa shape index (κ2) is 6.18. The summed E-state index contributed by atoms with van der Waals surface area (Å²) < 4.78 is 0. The van der Waals surface area contributed by atoms with Gasteiger partial charge in [0.1, 0.15) is 5.41 Å². The molecular formula is C16H23NO. The van der Waals surface area contributed by atoms with Crippen LogP contribution in [-0.4, -0.2) is 5.78 Å². The Labute approximate surface area is 110 Å². The molecule has 2 heteroatoms. The lowest BCUT2D eigenvalue weighted by Crippen LogP contribution is -2.33. The van der Waals surface area contributed by atoms with Gasteiger partial charge in [-0.15, -0.1) is 0 Å². The van der Waals surface area contributed by atoms with Gasteiger partial charge in [-0.1, -0.05) is 44.6 Å². The fraction of sp³-hybridized carbons (Fsp3) is 0.750. The summed E-state index contributed by atoms with van der Waals surface area (Å²) in [5.41, 5.74) is 0.270. The van der Waals surface area contributed by atoms with Gasteiger partial charge in [0.2, 0.25) is 0 Å². The fourth-order valence-electron chi connectivity index (χ4n) is 3.25. The number of nitriles is 1. The minimum Gasteiger partial charge on any atom is -0.293 e. The van der Waals surface area contributed by atoms with E-state index in [4.69, 9.17) is 0 Å². The topological polar surface area (TPSA) is 40.9 Å². The van der Waals surface area contributed by atoms with Crippen LogP contribution >= 0.6 is 0 Å². The van der Waals surface area contributed by atoms with Crippen molar-refractivity contribution in [1.29, 1.82) is 5.26 Å². The molecule has 98 valence electrons. The molecule has 0 amide bonds. The van der Waals surface area contributed by atoms with Crippen molar-refractivity contribution in [2.45, 2.75) is 70.6 Å². The van der Waals surface area contributed by atoms with Gasteiger partial charge in [-0.3, -0.25) is 4.79 Å². The van der Waals surface area contributed by atoms with Gasteiger partial charge in [-0.25, -0.2) is 0 Å². The van der Waals surface area contributed by atoms with Crippen LogP contribution in [0.2, 0.25) is 0 Å². The zero-order chi connectivity index (χ0) is 12.8. The van der Waals surface area contributed by atoms with Crippen molar-refractivity contribution in [2.75, 3.05) is 0 Å². The van der Waals surface area contributed by atoms with E-state index in [1.807, 2.05) is 0 Å². The normalized spacial score (nSPS) is 30.6. The van der Waals surface area contributed by atoms with E-state index in [0.717, 1.165) is 44.1 Å². The summed E-state index contributed by atoms with van der Waals surface area (Å²) in [6, 6.07) is 2.36. The number of hydrogen-bond acceptors (Lipinski definition) is 2. The van der Waals surface area contributed by atoms with Gasteiger partial charge in [0.15, 0.2) is 5.78 Å². The molecule has 2 aliphatic rings. The Morgan fingerprint density at radius 1 is 1.00 bits per heavy atom. The molecule has 2 nitrogen and oxygen atoms in total. The molecule has 0 spiro atoms. The predicted octanol–water partition coefficient (Wildman–Crippen LogP) is 4.31. The minimum absolute atomic E-state index is 0.150. The number of Topliss-reactive ketones (excluding diaryl/α,β-unsaturated/α-hetero) is 1. The molecule has 0 radical (unpaired) electrons. The lowest BCUT2D eigenvalue weighted by atomic mass is 9.70. The van der Waals surface area contributed by atoms with E-state index < -0.39 is 5.41 Å². The van der Waals surface area contributed by atoms with Crippen LogP contribution < -0.4 is 0 Å². The molecule has 0 saturated heterocycles. The highest BCUT2D eigenvalue weighted by molar-refractivity contribution is 6.02. The summed E-state index contributed by atoms with van der Waals surface area (Å²) in [5, 5.41) is 9.47. The summed E-state index contributed by atoms with van der Waals surface area (Å²) >= 11 is 0. The molecular weight excluding hydrogens is 222 g/mol. The summed E-state index contributed by atoms with van der Waals surface area (Å²) in [5.74, 6) is 0.150. The van der Waals surface area contributed by atoms with Crippen LogP contribution in [0.3, 0.4) is 0 Å². The molecule has 2 rings (SSSR count). The first kappa shape index (κ1) is 13.3. The van der Waals surface area contributed by atoms with Gasteiger partial charge < -0.3 is 0 Å². The van der Waals surface area contributed by atoms with Crippen molar-refractivity contribution in [3.63, 3.8) is 0 Å². The number of ketones is 1. The zero-order valence-electron chi connectivity index (χ0n) is 11.2. The minimum atomic E-state index is -0.677. The van der Waals surface area contributed by atoms with E-state index in [-0.39, 0.29) is 5.78 Å². The molecule has 1 fully saturated rings. The molecule has 0 heterocycles. The van der Waals surface area contributed by atoms with Crippen LogP contribution in [0.15, 0.2) is 11.6 Å². The Bertz CT molecular complexity index is 377. The first-order valence-electron chi connectivity index (χ1n) is 7.44. The van der Waals surface area contributed by atoms with E-state index in [1.54, 1.807) is 0 Å². The Morgan fingerprint density at radius 2 is 1.67 bits per heavy atom. The first-order chi connectivity index (χ1) is 8.78.